The van der Waals surface area contributed by atoms with E-state index in [1.165, 1.54) is 12.3 Å². The molecule has 0 aliphatic rings. The van der Waals surface area contributed by atoms with Crippen molar-refractivity contribution in [1.82, 2.24) is 9.55 Å². The molecule has 0 atom stereocenters. The summed E-state index contributed by atoms with van der Waals surface area (Å²) in [7, 11) is 0. The number of rotatable bonds is 3. The van der Waals surface area contributed by atoms with Gasteiger partial charge in [0.1, 0.15) is 5.15 Å². The number of para-hydroxylation sites is 2. The number of nitrogens with zero attached hydrogens (tertiary/aromatic N) is 2. The van der Waals surface area contributed by atoms with E-state index in [-0.39, 0.29) is 16.6 Å². The number of hydrogen-bond acceptors (Lipinski definition) is 4. The van der Waals surface area contributed by atoms with Crippen LogP contribution in [0.5, 0.6) is 0 Å². The summed E-state index contributed by atoms with van der Waals surface area (Å²) in [6.45, 7) is -0.396. The van der Waals surface area contributed by atoms with Crippen LogP contribution in [0.1, 0.15) is 15.2 Å². The van der Waals surface area contributed by atoms with Crippen molar-refractivity contribution >= 4 is 45.3 Å². The number of hydrogen-bond donors (Lipinski definition) is 0. The van der Waals surface area contributed by atoms with Gasteiger partial charge in [-0.15, -0.1) is 0 Å². The average molecular weight is 365 g/mol. The molecule has 26 heavy (non-hydrogen) atoms. The molecule has 2 aromatic carbocycles. The molecule has 0 saturated carbocycles. The number of benzene rings is 2. The number of aromatic nitrogens is 2. The Kier molecular flexibility index (Phi) is 4.14. The first-order chi connectivity index (χ1) is 12.7. The van der Waals surface area contributed by atoms with Crippen LogP contribution >= 0.6 is 11.6 Å². The third kappa shape index (κ3) is 2.72. The van der Waals surface area contributed by atoms with Crippen molar-refractivity contribution in [3.05, 3.63) is 77.6 Å². The van der Waals surface area contributed by atoms with E-state index in [1.54, 1.807) is 10.6 Å². The van der Waals surface area contributed by atoms with Crippen LogP contribution in [-0.2, 0) is 4.74 Å². The van der Waals surface area contributed by atoms with Gasteiger partial charge in [0.15, 0.2) is 6.61 Å². The van der Waals surface area contributed by atoms with Gasteiger partial charge in [0, 0.05) is 17.0 Å². The van der Waals surface area contributed by atoms with Crippen molar-refractivity contribution in [2.45, 2.75) is 0 Å². The Balaban J connectivity index is 1.66. The molecule has 4 aromatic rings. The minimum atomic E-state index is -0.683. The molecule has 0 fully saturated rings. The average Bonchev–Trinajstić information content (AvgIpc) is 3.01. The normalized spacial score (nSPS) is 11.0. The molecule has 0 radical (unpaired) electrons. The molecule has 2 aromatic heterocycles. The van der Waals surface area contributed by atoms with E-state index in [2.05, 4.69) is 4.98 Å². The van der Waals surface area contributed by atoms with E-state index in [4.69, 9.17) is 16.3 Å². The number of esters is 1. The molecule has 0 saturated heterocycles. The number of pyridine rings is 1. The summed E-state index contributed by atoms with van der Waals surface area (Å²) in [5, 5.41) is 1.98. The van der Waals surface area contributed by atoms with E-state index in [0.29, 0.717) is 0 Å². The van der Waals surface area contributed by atoms with Crippen molar-refractivity contribution in [2.75, 3.05) is 6.61 Å². The van der Waals surface area contributed by atoms with Gasteiger partial charge in [-0.25, -0.2) is 9.78 Å². The molecule has 2 heterocycles. The highest BCUT2D eigenvalue weighted by atomic mass is 35.5. The maximum Gasteiger partial charge on any atom is 0.341 e. The van der Waals surface area contributed by atoms with Crippen LogP contribution < -0.4 is 0 Å². The third-order valence-corrected chi connectivity index (χ3v) is 4.44. The Morgan fingerprint density at radius 3 is 2.15 bits per heavy atom. The molecule has 4 rings (SSSR count). The van der Waals surface area contributed by atoms with Gasteiger partial charge in [0.25, 0.3) is 5.91 Å². The topological polar surface area (TPSA) is 61.2 Å². The molecule has 0 N–H and O–H groups in total. The summed E-state index contributed by atoms with van der Waals surface area (Å²) in [6.07, 6.45) is 1.47. The second-order valence-corrected chi connectivity index (χ2v) is 6.04. The summed E-state index contributed by atoms with van der Waals surface area (Å²) in [5.74, 6) is -1.02. The lowest BCUT2D eigenvalue weighted by atomic mass is 10.2. The predicted molar refractivity (Wildman–Crippen MR) is 99.6 cm³/mol. The molecule has 0 aliphatic carbocycles. The van der Waals surface area contributed by atoms with E-state index in [0.717, 1.165) is 21.8 Å². The van der Waals surface area contributed by atoms with Gasteiger partial charge in [-0.05, 0) is 24.3 Å². The van der Waals surface area contributed by atoms with E-state index < -0.39 is 12.6 Å². The maximum atomic E-state index is 12.8. The van der Waals surface area contributed by atoms with Crippen molar-refractivity contribution in [2.24, 2.45) is 0 Å². The highest BCUT2D eigenvalue weighted by Crippen LogP contribution is 2.28. The van der Waals surface area contributed by atoms with Gasteiger partial charge >= 0.3 is 5.97 Å². The fraction of sp³-hybridized carbons (Fsp3) is 0.0500. The minimum Gasteiger partial charge on any atom is -0.452 e. The van der Waals surface area contributed by atoms with Gasteiger partial charge in [0.05, 0.1) is 16.6 Å². The second kappa shape index (κ2) is 6.61. The van der Waals surface area contributed by atoms with Crippen LogP contribution in [0, 0.1) is 0 Å². The van der Waals surface area contributed by atoms with Crippen molar-refractivity contribution in [3.63, 3.8) is 0 Å². The monoisotopic (exact) mass is 364 g/mol. The first kappa shape index (κ1) is 16.3. The van der Waals surface area contributed by atoms with E-state index in [9.17, 15) is 9.59 Å². The zero-order chi connectivity index (χ0) is 18.1. The first-order valence-electron chi connectivity index (χ1n) is 7.96. The molecule has 0 unspecified atom stereocenters. The van der Waals surface area contributed by atoms with Gasteiger partial charge < -0.3 is 4.74 Å². The molecule has 0 aliphatic heterocycles. The van der Waals surface area contributed by atoms with Crippen LogP contribution in [0.25, 0.3) is 21.8 Å². The molecule has 5 nitrogen and oxygen atoms in total. The largest absolute Gasteiger partial charge is 0.452 e. The number of halogens is 1. The first-order valence-corrected chi connectivity index (χ1v) is 8.33. The highest BCUT2D eigenvalue weighted by molar-refractivity contribution is 6.32. The fourth-order valence-corrected chi connectivity index (χ4v) is 3.20. The predicted octanol–water partition coefficient (Wildman–Crippen LogP) is 4.34. The summed E-state index contributed by atoms with van der Waals surface area (Å²) in [5.41, 5.74) is 1.67. The summed E-state index contributed by atoms with van der Waals surface area (Å²) >= 11 is 5.89. The van der Waals surface area contributed by atoms with Crippen LogP contribution in [0.15, 0.2) is 66.9 Å². The number of fused-ring (bicyclic) bond motifs is 3. The Morgan fingerprint density at radius 2 is 1.54 bits per heavy atom. The maximum absolute atomic E-state index is 12.8. The lowest BCUT2D eigenvalue weighted by Crippen LogP contribution is -2.20. The molecule has 128 valence electrons. The third-order valence-electron chi connectivity index (χ3n) is 4.14. The summed E-state index contributed by atoms with van der Waals surface area (Å²) < 4.78 is 6.73. The highest BCUT2D eigenvalue weighted by Gasteiger charge is 2.18. The molecule has 0 amide bonds. The molecular weight excluding hydrogens is 352 g/mol. The number of carbonyl (C=O) groups excluding carboxylic acids is 2. The van der Waals surface area contributed by atoms with Gasteiger partial charge in [-0.3, -0.25) is 9.36 Å². The summed E-state index contributed by atoms with van der Waals surface area (Å²) in [4.78, 5) is 28.8. The van der Waals surface area contributed by atoms with Crippen molar-refractivity contribution in [3.8, 4) is 0 Å². The Labute approximate surface area is 153 Å². The Bertz CT molecular complexity index is 1100. The van der Waals surface area contributed by atoms with Crippen LogP contribution in [-0.4, -0.2) is 28.0 Å². The van der Waals surface area contributed by atoms with Crippen LogP contribution in [0.2, 0.25) is 5.15 Å². The molecule has 0 bridgehead atoms. The molecule has 0 spiro atoms. The Hall–Kier alpha value is -3.18. The number of carbonyl (C=O) groups is 2. The van der Waals surface area contributed by atoms with Crippen molar-refractivity contribution < 1.29 is 14.3 Å². The van der Waals surface area contributed by atoms with Crippen LogP contribution in [0.3, 0.4) is 0 Å². The van der Waals surface area contributed by atoms with Gasteiger partial charge in [0.2, 0.25) is 0 Å². The Morgan fingerprint density at radius 1 is 0.923 bits per heavy atom. The molecular formula is C20H13ClN2O3. The lowest BCUT2D eigenvalue weighted by Gasteiger charge is -2.08. The zero-order valence-corrected chi connectivity index (χ0v) is 14.3. The van der Waals surface area contributed by atoms with Gasteiger partial charge in [-0.2, -0.15) is 0 Å². The smallest absolute Gasteiger partial charge is 0.341 e. The SMILES string of the molecule is O=C(OCC(=O)n1c2ccccc2c2ccccc21)c1cccnc1Cl. The second-order valence-electron chi connectivity index (χ2n) is 5.68. The summed E-state index contributed by atoms with van der Waals surface area (Å²) in [6, 6.07) is 18.3. The standard InChI is InChI=1S/C20H13ClN2O3/c21-19-15(8-5-11-22-19)20(25)26-12-18(24)23-16-9-3-1-6-13(16)14-7-2-4-10-17(14)23/h1-11H,12H2. The van der Waals surface area contributed by atoms with Gasteiger partial charge in [-0.1, -0.05) is 48.0 Å². The molecule has 6 heteroatoms. The fourth-order valence-electron chi connectivity index (χ4n) is 3.00. The van der Waals surface area contributed by atoms with E-state index >= 15 is 0 Å². The quantitative estimate of drug-likeness (QED) is 0.401. The lowest BCUT2D eigenvalue weighted by molar-refractivity contribution is 0.0452. The minimum absolute atomic E-state index is 0.0433. The van der Waals surface area contributed by atoms with E-state index in [1.807, 2.05) is 48.5 Å². The number of ether oxygens (including phenoxy) is 1. The zero-order valence-electron chi connectivity index (χ0n) is 13.6. The van der Waals surface area contributed by atoms with Crippen LogP contribution in [0.4, 0.5) is 0 Å². The van der Waals surface area contributed by atoms with Crippen molar-refractivity contribution in [1.29, 1.82) is 0 Å².